The highest BCUT2D eigenvalue weighted by Crippen LogP contribution is 2.49. The van der Waals surface area contributed by atoms with Gasteiger partial charge < -0.3 is 30.2 Å². The number of ether oxygens (including phenoxy) is 3. The molecule has 3 aliphatic rings. The molecule has 6 atom stereocenters. The number of hydrogen-bond donors (Lipinski definition) is 3. The fraction of sp³-hybridized carbons (Fsp3) is 0.667. The molecular formula is C54H84N6O9. The molecule has 69 heavy (non-hydrogen) atoms. The van der Waals surface area contributed by atoms with E-state index in [1.807, 2.05) is 78.0 Å². The minimum Gasteiger partial charge on any atom is -0.445 e. The van der Waals surface area contributed by atoms with Crippen LogP contribution in [0, 0.1) is 32.5 Å². The summed E-state index contributed by atoms with van der Waals surface area (Å²) in [6.07, 6.45) is 25.5. The van der Waals surface area contributed by atoms with Gasteiger partial charge in [0.15, 0.2) is 0 Å². The summed E-state index contributed by atoms with van der Waals surface area (Å²) in [5.74, 6) is 0. The Balaban J connectivity index is 1.75. The maximum atomic E-state index is 15.1. The summed E-state index contributed by atoms with van der Waals surface area (Å²) in [5.41, 5.74) is -4.89. The van der Waals surface area contributed by atoms with Crippen molar-refractivity contribution in [2.45, 2.75) is 179 Å². The molecule has 15 nitrogen and oxygen atoms in total. The van der Waals surface area contributed by atoms with E-state index in [9.17, 15) is 14.4 Å². The lowest BCUT2D eigenvalue weighted by Gasteiger charge is -2.48. The van der Waals surface area contributed by atoms with Gasteiger partial charge in [-0.25, -0.2) is 42.5 Å². The maximum absolute atomic E-state index is 15.1. The Hall–Kier alpha value is -5.34. The van der Waals surface area contributed by atoms with Gasteiger partial charge in [0, 0.05) is 37.8 Å². The van der Waals surface area contributed by atoms with Crippen LogP contribution in [0.4, 0.5) is 14.4 Å². The molecule has 1 aromatic heterocycles. The van der Waals surface area contributed by atoms with Crippen molar-refractivity contribution in [3.63, 3.8) is 0 Å². The molecule has 384 valence electrons. The number of alkyl carbamates (subject to hydrolysis) is 3. The Morgan fingerprint density at radius 1 is 0.449 bits per heavy atom. The summed E-state index contributed by atoms with van der Waals surface area (Å²) in [5, 5.41) is 9.14. The second kappa shape index (κ2) is 24.0. The summed E-state index contributed by atoms with van der Waals surface area (Å²) >= 11 is 0. The Morgan fingerprint density at radius 2 is 0.696 bits per heavy atom. The SMILES string of the molecule is C/C=C/C=C/COC(=O)NC1CC(C)(C)CC(C)(Cn2c(=O)n(CC3(C)CC(NC(=O)OC/C=C/C=C/C)CC(C)(C)C3)c(=O)n(CC3(C)CC(NC(=O)OC/C=C/C=C/C)CC(C)(C)C3)c2=O)C1. The third-order valence-electron chi connectivity index (χ3n) is 13.6. The van der Waals surface area contributed by atoms with Crippen LogP contribution >= 0.6 is 0 Å². The number of amides is 3. The van der Waals surface area contributed by atoms with Crippen LogP contribution in [-0.2, 0) is 33.8 Å². The molecule has 1 aromatic rings. The number of rotatable bonds is 18. The molecule has 4 rings (SSSR count). The topological polar surface area (TPSA) is 181 Å². The standard InChI is InChI=1S/C54H84N6O9/c1-13-16-19-22-25-67-43(61)55-40-28-49(4,5)34-52(10,31-40)37-58-46(64)59(38-53(11)32-41(29-50(6,7)35-53)56-44(62)68-26-23-20-17-14-2)48(66)60(47(58)65)39-54(12)33-42(30-51(8,9)36-54)57-45(63)69-27-24-21-18-15-3/h13-24,40-42H,25-39H2,1-12H3,(H,55,61)(H,56,62)(H,57,63)/b16-13+,17-14+,18-15+,22-19+,23-20+,24-21+. The van der Waals surface area contributed by atoms with Crippen LogP contribution in [0.15, 0.2) is 87.3 Å². The van der Waals surface area contributed by atoms with Gasteiger partial charge in [-0.05, 0) is 129 Å². The number of nitrogens with zero attached hydrogens (tertiary/aromatic N) is 3. The summed E-state index contributed by atoms with van der Waals surface area (Å²) in [6.45, 7) is 24.9. The van der Waals surface area contributed by atoms with Crippen LogP contribution in [0.25, 0.3) is 0 Å². The number of allylic oxidation sites excluding steroid dienone is 9. The zero-order valence-corrected chi connectivity index (χ0v) is 43.8. The van der Waals surface area contributed by atoms with Gasteiger partial charge >= 0.3 is 35.3 Å². The number of hydrogen-bond acceptors (Lipinski definition) is 9. The first-order valence-corrected chi connectivity index (χ1v) is 24.8. The van der Waals surface area contributed by atoms with Crippen molar-refractivity contribution in [1.29, 1.82) is 0 Å². The Kier molecular flexibility index (Phi) is 19.6. The molecule has 15 heteroatoms. The van der Waals surface area contributed by atoms with Gasteiger partial charge in [-0.15, -0.1) is 0 Å². The molecule has 1 heterocycles. The van der Waals surface area contributed by atoms with Crippen molar-refractivity contribution in [1.82, 2.24) is 29.7 Å². The average molecular weight is 961 g/mol. The van der Waals surface area contributed by atoms with Crippen molar-refractivity contribution in [2.24, 2.45) is 32.5 Å². The third-order valence-corrected chi connectivity index (χ3v) is 13.6. The fourth-order valence-electron chi connectivity index (χ4n) is 12.5. The van der Waals surface area contributed by atoms with Gasteiger partial charge in [0.2, 0.25) is 0 Å². The molecule has 0 bridgehead atoms. The Bertz CT molecular complexity index is 2030. The summed E-state index contributed by atoms with van der Waals surface area (Å²) in [4.78, 5) is 84.2. The Morgan fingerprint density at radius 3 is 0.928 bits per heavy atom. The highest BCUT2D eigenvalue weighted by atomic mass is 16.6. The first-order valence-electron chi connectivity index (χ1n) is 24.8. The minimum atomic E-state index is -0.691. The van der Waals surface area contributed by atoms with E-state index in [0.29, 0.717) is 57.8 Å². The lowest BCUT2D eigenvalue weighted by molar-refractivity contribution is 0.0405. The molecule has 3 N–H and O–H groups in total. The van der Waals surface area contributed by atoms with Crippen molar-refractivity contribution in [3.05, 3.63) is 104 Å². The molecule has 6 unspecified atom stereocenters. The van der Waals surface area contributed by atoms with E-state index in [2.05, 4.69) is 57.5 Å². The number of carbonyl (C=O) groups excluding carboxylic acids is 3. The largest absolute Gasteiger partial charge is 0.445 e. The average Bonchev–Trinajstić information content (AvgIpc) is 3.20. The van der Waals surface area contributed by atoms with Gasteiger partial charge in [0.1, 0.15) is 19.8 Å². The highest BCUT2D eigenvalue weighted by molar-refractivity contribution is 5.68. The maximum Gasteiger partial charge on any atom is 0.407 e. The van der Waals surface area contributed by atoms with E-state index in [0.717, 1.165) is 0 Å². The fourth-order valence-corrected chi connectivity index (χ4v) is 12.5. The van der Waals surface area contributed by atoms with Gasteiger partial charge in [-0.3, -0.25) is 0 Å². The van der Waals surface area contributed by atoms with E-state index in [4.69, 9.17) is 14.2 Å². The third kappa shape index (κ3) is 17.5. The van der Waals surface area contributed by atoms with E-state index >= 15 is 14.4 Å². The van der Waals surface area contributed by atoms with E-state index in [-0.39, 0.29) is 73.8 Å². The van der Waals surface area contributed by atoms with E-state index in [1.165, 1.54) is 13.7 Å². The van der Waals surface area contributed by atoms with Crippen LogP contribution in [-0.4, -0.2) is 69.9 Å². The normalized spacial score (nSPS) is 27.9. The molecule has 0 radical (unpaired) electrons. The smallest absolute Gasteiger partial charge is 0.407 e. The van der Waals surface area contributed by atoms with Crippen LogP contribution in [0.1, 0.15) is 141 Å². The molecule has 0 saturated heterocycles. The first-order chi connectivity index (χ1) is 32.2. The van der Waals surface area contributed by atoms with Crippen molar-refractivity contribution in [3.8, 4) is 0 Å². The van der Waals surface area contributed by atoms with Gasteiger partial charge in [0.05, 0.1) is 0 Å². The predicted octanol–water partition coefficient (Wildman–Crippen LogP) is 9.50. The van der Waals surface area contributed by atoms with Gasteiger partial charge in [0.25, 0.3) is 0 Å². The summed E-state index contributed by atoms with van der Waals surface area (Å²) < 4.78 is 20.1. The van der Waals surface area contributed by atoms with Gasteiger partial charge in [-0.1, -0.05) is 117 Å². The monoisotopic (exact) mass is 961 g/mol. The van der Waals surface area contributed by atoms with Gasteiger partial charge in [-0.2, -0.15) is 0 Å². The quantitative estimate of drug-likeness (QED) is 0.0954. The predicted molar refractivity (Wildman–Crippen MR) is 273 cm³/mol. The lowest BCUT2D eigenvalue weighted by Crippen LogP contribution is -2.60. The number of carbonyl (C=O) groups is 3. The zero-order chi connectivity index (χ0) is 51.3. The Labute approximate surface area is 410 Å². The summed E-state index contributed by atoms with van der Waals surface area (Å²) in [6, 6.07) is -0.911. The second-order valence-electron chi connectivity index (χ2n) is 23.5. The number of nitrogens with one attached hydrogen (secondary N) is 3. The highest BCUT2D eigenvalue weighted by Gasteiger charge is 2.47. The molecule has 0 spiro atoms. The van der Waals surface area contributed by atoms with Crippen LogP contribution in [0.2, 0.25) is 0 Å². The number of aromatic nitrogens is 3. The molecule has 0 aromatic carbocycles. The van der Waals surface area contributed by atoms with E-state index in [1.54, 1.807) is 36.5 Å². The molecule has 3 fully saturated rings. The van der Waals surface area contributed by atoms with E-state index < -0.39 is 51.6 Å². The molecule has 3 aliphatic carbocycles. The second-order valence-corrected chi connectivity index (χ2v) is 23.5. The molecule has 3 amide bonds. The van der Waals surface area contributed by atoms with Crippen LogP contribution < -0.4 is 33.0 Å². The van der Waals surface area contributed by atoms with Crippen molar-refractivity contribution in [2.75, 3.05) is 19.8 Å². The van der Waals surface area contributed by atoms with Crippen LogP contribution in [0.3, 0.4) is 0 Å². The molecule has 0 aliphatic heterocycles. The molecular weight excluding hydrogens is 877 g/mol. The van der Waals surface area contributed by atoms with Crippen LogP contribution in [0.5, 0.6) is 0 Å². The minimum absolute atomic E-state index is 0.00907. The summed E-state index contributed by atoms with van der Waals surface area (Å²) in [7, 11) is 0. The van der Waals surface area contributed by atoms with Crippen molar-refractivity contribution >= 4 is 18.3 Å². The first kappa shape index (κ1) is 56.2. The zero-order valence-electron chi connectivity index (χ0n) is 43.8. The molecule has 3 saturated carbocycles. The lowest BCUT2D eigenvalue weighted by atomic mass is 9.62. The van der Waals surface area contributed by atoms with Crippen molar-refractivity contribution < 1.29 is 28.6 Å².